The Kier molecular flexibility index (Phi) is 14.5. The summed E-state index contributed by atoms with van der Waals surface area (Å²) in [5.41, 5.74) is 0. The number of likely N-dealkylation sites (N-methyl/N-ethyl adjacent to an activating group) is 3. The van der Waals surface area contributed by atoms with Gasteiger partial charge in [0.2, 0.25) is 0 Å². The van der Waals surface area contributed by atoms with E-state index in [0.29, 0.717) is 0 Å². The van der Waals surface area contributed by atoms with E-state index in [9.17, 15) is 28.8 Å². The molecule has 0 radical (unpaired) electrons. The van der Waals surface area contributed by atoms with Crippen LogP contribution in [0.5, 0.6) is 0 Å². The van der Waals surface area contributed by atoms with E-state index in [-0.39, 0.29) is 0 Å². The highest BCUT2D eigenvalue weighted by Gasteiger charge is 2.45. The van der Waals surface area contributed by atoms with E-state index in [0.717, 1.165) is 0 Å². The number of hydrogen-bond donors (Lipinski definition) is 0. The molecule has 0 N–H and O–H groups in total. The molecule has 1 heterocycles. The van der Waals surface area contributed by atoms with E-state index in [1.165, 1.54) is 35.8 Å². The van der Waals surface area contributed by atoms with Crippen molar-refractivity contribution in [2.45, 2.75) is 120 Å². The van der Waals surface area contributed by atoms with Crippen molar-refractivity contribution >= 4 is 35.6 Å². The zero-order chi connectivity index (χ0) is 35.2. The number of hydrogen-bond acceptors (Lipinski definition) is 9. The van der Waals surface area contributed by atoms with Crippen LogP contribution in [-0.2, 0) is 43.0 Å². The second kappa shape index (κ2) is 16.4. The van der Waals surface area contributed by atoms with Crippen LogP contribution in [0.1, 0.15) is 83.1 Å². The standard InChI is InChI=1S/C33H57N3O9/c1-16(2)22-31(40)43-26(20(9)10)29(38)35(14)24(18(5)6)33(42)45-27(21(11)12)30(39)36(15)23(17(3)4)32(41)44-25(19(7)8)28(37)34(22)13/h16-27H,1-15H3/t22-,23-,24-,25?,26?,27?/m0/s1. The third kappa shape index (κ3) is 9.42. The lowest BCUT2D eigenvalue weighted by molar-refractivity contribution is -0.181. The fourth-order valence-electron chi connectivity index (χ4n) is 5.65. The van der Waals surface area contributed by atoms with Gasteiger partial charge in [-0.05, 0) is 35.5 Å². The minimum absolute atomic E-state index is 0.431. The molecule has 6 atom stereocenters. The van der Waals surface area contributed by atoms with Crippen LogP contribution in [-0.4, -0.2) is 108 Å². The monoisotopic (exact) mass is 639 g/mol. The molecule has 1 saturated heterocycles. The quantitative estimate of drug-likeness (QED) is 0.317. The molecule has 0 aromatic rings. The van der Waals surface area contributed by atoms with Crippen LogP contribution in [0.25, 0.3) is 0 Å². The van der Waals surface area contributed by atoms with Crippen molar-refractivity contribution in [1.29, 1.82) is 0 Å². The zero-order valence-corrected chi connectivity index (χ0v) is 29.9. The lowest BCUT2D eigenvalue weighted by atomic mass is 9.97. The van der Waals surface area contributed by atoms with Crippen LogP contribution < -0.4 is 0 Å². The first-order valence-corrected chi connectivity index (χ1v) is 16.0. The Morgan fingerprint density at radius 2 is 0.556 bits per heavy atom. The van der Waals surface area contributed by atoms with Crippen LogP contribution in [0.2, 0.25) is 0 Å². The number of amides is 3. The molecule has 1 fully saturated rings. The summed E-state index contributed by atoms with van der Waals surface area (Å²) in [6.07, 6.45) is -3.84. The Balaban J connectivity index is 3.93. The minimum atomic E-state index is -1.28. The van der Waals surface area contributed by atoms with Crippen LogP contribution >= 0.6 is 0 Å². The maximum Gasteiger partial charge on any atom is 0.329 e. The maximum absolute atomic E-state index is 13.9. The Labute approximate surface area is 269 Å². The predicted octanol–water partition coefficient (Wildman–Crippen LogP) is 3.15. The molecule has 0 saturated carbocycles. The number of carbonyl (C=O) groups is 6. The van der Waals surface area contributed by atoms with Gasteiger partial charge in [0.1, 0.15) is 18.1 Å². The molecule has 1 aliphatic rings. The van der Waals surface area contributed by atoms with Gasteiger partial charge in [-0.2, -0.15) is 0 Å². The highest BCUT2D eigenvalue weighted by Crippen LogP contribution is 2.25. The third-order valence-corrected chi connectivity index (χ3v) is 8.19. The Hall–Kier alpha value is -3.18. The number of rotatable bonds is 6. The number of nitrogens with zero attached hydrogens (tertiary/aromatic N) is 3. The van der Waals surface area contributed by atoms with Crippen molar-refractivity contribution in [3.8, 4) is 0 Å². The van der Waals surface area contributed by atoms with Gasteiger partial charge in [-0.25, -0.2) is 14.4 Å². The molecule has 258 valence electrons. The van der Waals surface area contributed by atoms with Crippen LogP contribution in [0.15, 0.2) is 0 Å². The molecule has 3 unspecified atom stereocenters. The van der Waals surface area contributed by atoms with E-state index in [4.69, 9.17) is 14.2 Å². The molecule has 3 amide bonds. The van der Waals surface area contributed by atoms with Gasteiger partial charge in [0.25, 0.3) is 17.7 Å². The van der Waals surface area contributed by atoms with E-state index < -0.39 is 108 Å². The highest BCUT2D eigenvalue weighted by molar-refractivity contribution is 5.94. The van der Waals surface area contributed by atoms with Gasteiger partial charge in [-0.3, -0.25) is 14.4 Å². The summed E-state index contributed by atoms with van der Waals surface area (Å²) >= 11 is 0. The summed E-state index contributed by atoms with van der Waals surface area (Å²) in [5, 5.41) is 0. The average Bonchev–Trinajstić information content (AvgIpc) is 2.90. The van der Waals surface area contributed by atoms with Crippen molar-refractivity contribution in [3.63, 3.8) is 0 Å². The topological polar surface area (TPSA) is 140 Å². The van der Waals surface area contributed by atoms with Crippen molar-refractivity contribution in [3.05, 3.63) is 0 Å². The van der Waals surface area contributed by atoms with Crippen molar-refractivity contribution in [1.82, 2.24) is 14.7 Å². The van der Waals surface area contributed by atoms with Crippen LogP contribution in [0.4, 0.5) is 0 Å². The van der Waals surface area contributed by atoms with E-state index in [1.54, 1.807) is 83.1 Å². The normalized spacial score (nSPS) is 27.5. The summed E-state index contributed by atoms with van der Waals surface area (Å²) in [6.45, 7) is 20.7. The van der Waals surface area contributed by atoms with Crippen LogP contribution in [0, 0.1) is 35.5 Å². The number of carbonyl (C=O) groups excluding carboxylic acids is 6. The molecular formula is C33H57N3O9. The van der Waals surface area contributed by atoms with Crippen molar-refractivity contribution in [2.75, 3.05) is 21.1 Å². The molecule has 1 rings (SSSR count). The van der Waals surface area contributed by atoms with E-state index in [1.807, 2.05) is 0 Å². The Bertz CT molecular complexity index is 952. The highest BCUT2D eigenvalue weighted by atomic mass is 16.6. The fraction of sp³-hybridized carbons (Fsp3) is 0.818. The summed E-state index contributed by atoms with van der Waals surface area (Å²) in [7, 11) is 4.30. The van der Waals surface area contributed by atoms with E-state index >= 15 is 0 Å². The summed E-state index contributed by atoms with van der Waals surface area (Å²) in [5.74, 6) is -7.01. The maximum atomic E-state index is 13.9. The lowest BCUT2D eigenvalue weighted by Gasteiger charge is -2.38. The smallest absolute Gasteiger partial charge is 0.329 e. The summed E-state index contributed by atoms with van der Waals surface area (Å²) < 4.78 is 17.4. The van der Waals surface area contributed by atoms with Gasteiger partial charge in [0.05, 0.1) is 0 Å². The largest absolute Gasteiger partial charge is 0.450 e. The first-order valence-electron chi connectivity index (χ1n) is 16.0. The molecule has 0 aliphatic carbocycles. The second-order valence-corrected chi connectivity index (χ2v) is 14.2. The van der Waals surface area contributed by atoms with Crippen molar-refractivity contribution in [2.24, 2.45) is 35.5 Å². The summed E-state index contributed by atoms with van der Waals surface area (Å²) in [4.78, 5) is 86.3. The number of cyclic esters (lactones) is 3. The molecule has 12 nitrogen and oxygen atoms in total. The molecule has 1 aliphatic heterocycles. The van der Waals surface area contributed by atoms with Gasteiger partial charge < -0.3 is 28.9 Å². The first kappa shape index (κ1) is 39.8. The third-order valence-electron chi connectivity index (χ3n) is 8.19. The molecule has 12 heteroatoms. The molecule has 45 heavy (non-hydrogen) atoms. The SMILES string of the molecule is CC(C)C1OC(=O)[C@H](C(C)C)N(C)C(=O)C(C(C)C)OC(=O)[C@H](C(C)C)N(C)C(=O)C(C(C)C)OC(=O)[C@H](C(C)C)N(C)C1=O. The molecule has 0 spiro atoms. The molecule has 0 aromatic heterocycles. The predicted molar refractivity (Wildman–Crippen MR) is 168 cm³/mol. The second-order valence-electron chi connectivity index (χ2n) is 14.2. The molecular weight excluding hydrogens is 582 g/mol. The Morgan fingerprint density at radius 3 is 0.689 bits per heavy atom. The van der Waals surface area contributed by atoms with E-state index in [2.05, 4.69) is 0 Å². The average molecular weight is 640 g/mol. The van der Waals surface area contributed by atoms with Gasteiger partial charge >= 0.3 is 17.9 Å². The number of esters is 3. The van der Waals surface area contributed by atoms with Crippen LogP contribution in [0.3, 0.4) is 0 Å². The first-order chi connectivity index (χ1) is 20.6. The van der Waals surface area contributed by atoms with Gasteiger partial charge in [0, 0.05) is 21.1 Å². The lowest BCUT2D eigenvalue weighted by Crippen LogP contribution is -2.57. The zero-order valence-electron chi connectivity index (χ0n) is 29.9. The van der Waals surface area contributed by atoms with Gasteiger partial charge in [-0.15, -0.1) is 0 Å². The molecule has 0 aromatic carbocycles. The minimum Gasteiger partial charge on any atom is -0.450 e. The van der Waals surface area contributed by atoms with Gasteiger partial charge in [0.15, 0.2) is 18.3 Å². The fourth-order valence-corrected chi connectivity index (χ4v) is 5.65. The molecule has 0 bridgehead atoms. The summed E-state index contributed by atoms with van der Waals surface area (Å²) in [6, 6.07) is -3.34. The number of ether oxygens (including phenoxy) is 3. The van der Waals surface area contributed by atoms with Gasteiger partial charge in [-0.1, -0.05) is 83.1 Å². The Morgan fingerprint density at radius 1 is 0.378 bits per heavy atom. The van der Waals surface area contributed by atoms with Crippen molar-refractivity contribution < 1.29 is 43.0 Å².